The Morgan fingerprint density at radius 3 is 2.88 bits per heavy atom. The lowest BCUT2D eigenvalue weighted by molar-refractivity contribution is -0.398. The van der Waals surface area contributed by atoms with Crippen LogP contribution in [0.2, 0.25) is 5.02 Å². The van der Waals surface area contributed by atoms with E-state index < -0.39 is 16.4 Å². The number of thioether (sulfide) groups is 1. The maximum Gasteiger partial charge on any atom is 0.263 e. The van der Waals surface area contributed by atoms with Crippen molar-refractivity contribution in [1.82, 2.24) is 4.98 Å². The Kier molecular flexibility index (Phi) is 4.70. The number of nitro groups is 1. The maximum absolute atomic E-state index is 12.0. The van der Waals surface area contributed by atoms with Crippen molar-refractivity contribution in [3.63, 3.8) is 0 Å². The Morgan fingerprint density at radius 2 is 2.17 bits per heavy atom. The van der Waals surface area contributed by atoms with Crippen molar-refractivity contribution in [3.8, 4) is 5.75 Å². The Balaban J connectivity index is 1.97. The summed E-state index contributed by atoms with van der Waals surface area (Å²) < 4.78 is 1.94. The number of nitro benzene ring substituents is 1. The van der Waals surface area contributed by atoms with Crippen LogP contribution in [0.25, 0.3) is 10.2 Å². The Bertz CT molecular complexity index is 972. The summed E-state index contributed by atoms with van der Waals surface area (Å²) in [6.07, 6.45) is 3.25. The molecule has 6 nitrogen and oxygen atoms in total. The van der Waals surface area contributed by atoms with E-state index in [-0.39, 0.29) is 10.6 Å². The highest BCUT2D eigenvalue weighted by Gasteiger charge is 2.11. The van der Waals surface area contributed by atoms with Gasteiger partial charge in [0, 0.05) is 17.3 Å². The standard InChI is InChI=1S/C15H10ClN3O3S2/c1-23-15-18-11-3-2-10(6-13(11)24-15)17-7-8-4-9(16)5-12(14(8)20)19(21)22/h2-7,20H,1H3/p-1. The van der Waals surface area contributed by atoms with Crippen LogP contribution in [-0.2, 0) is 0 Å². The zero-order chi connectivity index (χ0) is 17.3. The van der Waals surface area contributed by atoms with Crippen LogP contribution in [0.15, 0.2) is 39.7 Å². The van der Waals surface area contributed by atoms with E-state index in [9.17, 15) is 15.2 Å². The van der Waals surface area contributed by atoms with Crippen LogP contribution in [0.1, 0.15) is 5.56 Å². The molecule has 9 heteroatoms. The maximum atomic E-state index is 12.0. The van der Waals surface area contributed by atoms with Crippen molar-refractivity contribution in [2.24, 2.45) is 4.99 Å². The number of benzene rings is 2. The summed E-state index contributed by atoms with van der Waals surface area (Å²) in [6, 6.07) is 7.86. The minimum absolute atomic E-state index is 0.0726. The number of nitrogens with zero attached hydrogens (tertiary/aromatic N) is 3. The molecule has 0 N–H and O–H groups in total. The molecule has 2 aromatic carbocycles. The number of rotatable bonds is 4. The van der Waals surface area contributed by atoms with Gasteiger partial charge in [-0.05, 0) is 41.8 Å². The van der Waals surface area contributed by atoms with Gasteiger partial charge in [-0.15, -0.1) is 11.3 Å². The van der Waals surface area contributed by atoms with Crippen LogP contribution in [0.4, 0.5) is 11.4 Å². The molecule has 1 aromatic heterocycles. The summed E-state index contributed by atoms with van der Waals surface area (Å²) in [5.74, 6) is -0.711. The molecule has 0 saturated carbocycles. The first-order valence-corrected chi connectivity index (χ1v) is 9.03. The van der Waals surface area contributed by atoms with E-state index in [1.54, 1.807) is 29.2 Å². The molecule has 0 fully saturated rings. The minimum Gasteiger partial charge on any atom is -0.867 e. The number of hydrogen-bond acceptors (Lipinski definition) is 7. The van der Waals surface area contributed by atoms with E-state index >= 15 is 0 Å². The molecule has 0 bridgehead atoms. The van der Waals surface area contributed by atoms with Gasteiger partial charge in [-0.1, -0.05) is 23.4 Å². The van der Waals surface area contributed by atoms with Gasteiger partial charge in [0.1, 0.15) is 0 Å². The second-order valence-corrected chi connectivity index (χ2v) is 7.21. The van der Waals surface area contributed by atoms with Gasteiger partial charge in [0.15, 0.2) is 4.34 Å². The normalized spacial score (nSPS) is 11.4. The monoisotopic (exact) mass is 378 g/mol. The molecule has 0 unspecified atom stereocenters. The molecule has 122 valence electrons. The summed E-state index contributed by atoms with van der Waals surface area (Å²) >= 11 is 8.95. The fraction of sp³-hybridized carbons (Fsp3) is 0.0667. The van der Waals surface area contributed by atoms with Crippen molar-refractivity contribution in [2.45, 2.75) is 4.34 Å². The highest BCUT2D eigenvalue weighted by atomic mass is 35.5. The second-order valence-electron chi connectivity index (χ2n) is 4.69. The van der Waals surface area contributed by atoms with Gasteiger partial charge in [0.05, 0.1) is 20.8 Å². The first kappa shape index (κ1) is 16.7. The molecule has 0 aliphatic heterocycles. The third kappa shape index (κ3) is 3.35. The average molecular weight is 379 g/mol. The van der Waals surface area contributed by atoms with E-state index in [4.69, 9.17) is 11.6 Å². The van der Waals surface area contributed by atoms with Gasteiger partial charge in [0.25, 0.3) is 5.69 Å². The quantitative estimate of drug-likeness (QED) is 0.290. The summed E-state index contributed by atoms with van der Waals surface area (Å²) in [4.78, 5) is 18.8. The Hall–Kier alpha value is -2.16. The lowest BCUT2D eigenvalue weighted by Gasteiger charge is -2.10. The molecule has 0 spiro atoms. The van der Waals surface area contributed by atoms with Crippen molar-refractivity contribution >= 4 is 62.5 Å². The number of thiazole rings is 1. The zero-order valence-electron chi connectivity index (χ0n) is 12.2. The summed E-state index contributed by atoms with van der Waals surface area (Å²) in [6.45, 7) is 0. The smallest absolute Gasteiger partial charge is 0.263 e. The molecule has 0 saturated heterocycles. The van der Waals surface area contributed by atoms with Gasteiger partial charge in [-0.3, -0.25) is 15.1 Å². The van der Waals surface area contributed by atoms with Gasteiger partial charge in [-0.25, -0.2) is 4.98 Å². The third-order valence-corrected chi connectivity index (χ3v) is 5.36. The highest BCUT2D eigenvalue weighted by Crippen LogP contribution is 2.32. The topological polar surface area (TPSA) is 91.5 Å². The third-order valence-electron chi connectivity index (χ3n) is 3.14. The Labute approximate surface area is 150 Å². The fourth-order valence-corrected chi connectivity index (χ4v) is 3.78. The van der Waals surface area contributed by atoms with Gasteiger partial charge in [0.2, 0.25) is 0 Å². The highest BCUT2D eigenvalue weighted by molar-refractivity contribution is 8.00. The minimum atomic E-state index is -0.751. The van der Waals surface area contributed by atoms with Crippen LogP contribution < -0.4 is 5.11 Å². The van der Waals surface area contributed by atoms with Crippen LogP contribution >= 0.6 is 34.7 Å². The molecule has 0 aliphatic rings. The van der Waals surface area contributed by atoms with Crippen molar-refractivity contribution in [3.05, 3.63) is 51.0 Å². The molecule has 0 aliphatic carbocycles. The lowest BCUT2D eigenvalue weighted by Crippen LogP contribution is -2.02. The molecule has 3 rings (SSSR count). The number of aromatic nitrogens is 1. The average Bonchev–Trinajstić information content (AvgIpc) is 2.97. The van der Waals surface area contributed by atoms with Gasteiger partial charge in [-0.2, -0.15) is 0 Å². The van der Waals surface area contributed by atoms with Crippen LogP contribution in [-0.4, -0.2) is 22.4 Å². The summed E-state index contributed by atoms with van der Waals surface area (Å²) in [7, 11) is 0. The predicted molar refractivity (Wildman–Crippen MR) is 96.2 cm³/mol. The van der Waals surface area contributed by atoms with Crippen molar-refractivity contribution in [2.75, 3.05) is 6.26 Å². The number of fused-ring (bicyclic) bond motifs is 1. The molecule has 1 heterocycles. The van der Waals surface area contributed by atoms with Crippen molar-refractivity contribution in [1.29, 1.82) is 0 Å². The molecular weight excluding hydrogens is 370 g/mol. The molecule has 0 radical (unpaired) electrons. The SMILES string of the molecule is CSc1nc2ccc(N=Cc3cc(Cl)cc([N+](=O)[O-])c3[O-])cc2s1. The van der Waals surface area contributed by atoms with Crippen molar-refractivity contribution < 1.29 is 10.0 Å². The van der Waals surface area contributed by atoms with E-state index in [1.165, 1.54) is 12.3 Å². The van der Waals surface area contributed by atoms with Crippen LogP contribution in [0.5, 0.6) is 5.75 Å². The van der Waals surface area contributed by atoms with E-state index in [1.807, 2.05) is 18.4 Å². The van der Waals surface area contributed by atoms with Crippen LogP contribution in [0, 0.1) is 10.1 Å². The first-order valence-electron chi connectivity index (χ1n) is 6.61. The van der Waals surface area contributed by atoms with E-state index in [0.29, 0.717) is 5.69 Å². The molecule has 0 atom stereocenters. The number of halogens is 1. The molecular formula is C15H9ClN3O3S2-. The zero-order valence-corrected chi connectivity index (χ0v) is 14.6. The predicted octanol–water partition coefficient (Wildman–Crippen LogP) is 4.40. The lowest BCUT2D eigenvalue weighted by atomic mass is 10.2. The fourth-order valence-electron chi connectivity index (χ4n) is 2.04. The van der Waals surface area contributed by atoms with Crippen LogP contribution in [0.3, 0.4) is 0 Å². The molecule has 0 amide bonds. The summed E-state index contributed by atoms with van der Waals surface area (Å²) in [5.41, 5.74) is 1.02. The Morgan fingerprint density at radius 1 is 1.38 bits per heavy atom. The second kappa shape index (κ2) is 6.76. The largest absolute Gasteiger partial charge is 0.867 e. The van der Waals surface area contributed by atoms with E-state index in [0.717, 1.165) is 20.6 Å². The van der Waals surface area contributed by atoms with Gasteiger partial charge >= 0.3 is 0 Å². The number of hydrogen-bond donors (Lipinski definition) is 0. The first-order chi connectivity index (χ1) is 11.5. The molecule has 3 aromatic rings. The number of aliphatic imine (C=N–C) groups is 1. The summed E-state index contributed by atoms with van der Waals surface area (Å²) in [5, 5.41) is 23.0. The van der Waals surface area contributed by atoms with E-state index in [2.05, 4.69) is 9.98 Å². The van der Waals surface area contributed by atoms with Gasteiger partial charge < -0.3 is 5.11 Å². The molecule has 24 heavy (non-hydrogen) atoms.